The van der Waals surface area contributed by atoms with Crippen molar-refractivity contribution in [3.05, 3.63) is 22.9 Å². The second-order valence-electron chi connectivity index (χ2n) is 6.03. The van der Waals surface area contributed by atoms with E-state index in [-0.39, 0.29) is 0 Å². The van der Waals surface area contributed by atoms with Crippen molar-refractivity contribution >= 4 is 5.82 Å². The molecular weight excluding hydrogens is 246 g/mol. The third kappa shape index (κ3) is 3.51. The van der Waals surface area contributed by atoms with Crippen LogP contribution in [0.5, 0.6) is 0 Å². The molecule has 1 saturated heterocycles. The summed E-state index contributed by atoms with van der Waals surface area (Å²) < 4.78 is 0. The summed E-state index contributed by atoms with van der Waals surface area (Å²) >= 11 is 0. The molecule has 1 aromatic heterocycles. The average molecular weight is 275 g/mol. The van der Waals surface area contributed by atoms with E-state index in [2.05, 4.69) is 44.0 Å². The largest absolute Gasteiger partial charge is 0.356 e. The van der Waals surface area contributed by atoms with Gasteiger partial charge in [0.05, 0.1) is 0 Å². The molecule has 3 heteroatoms. The van der Waals surface area contributed by atoms with E-state index in [9.17, 15) is 0 Å². The number of pyridine rings is 1. The van der Waals surface area contributed by atoms with E-state index in [1.54, 1.807) is 0 Å². The lowest BCUT2D eigenvalue weighted by Crippen LogP contribution is -2.37. The molecule has 0 aromatic carbocycles. The number of aryl methyl sites for hydroxylation is 2. The lowest BCUT2D eigenvalue weighted by atomic mass is 9.95. The smallest absolute Gasteiger partial charge is 0.133 e. The first-order chi connectivity index (χ1) is 9.65. The van der Waals surface area contributed by atoms with E-state index in [1.807, 2.05) is 0 Å². The average Bonchev–Trinajstić information content (AvgIpc) is 2.45. The van der Waals surface area contributed by atoms with Gasteiger partial charge in [-0.2, -0.15) is 0 Å². The maximum Gasteiger partial charge on any atom is 0.133 e. The number of aromatic nitrogens is 1. The fourth-order valence-corrected chi connectivity index (χ4v) is 3.16. The zero-order chi connectivity index (χ0) is 14.5. The third-order valence-corrected chi connectivity index (χ3v) is 4.40. The van der Waals surface area contributed by atoms with Gasteiger partial charge in [0.1, 0.15) is 5.82 Å². The summed E-state index contributed by atoms with van der Waals surface area (Å²) in [6.07, 6.45) is 3.96. The minimum Gasteiger partial charge on any atom is -0.356 e. The molecule has 1 atom stereocenters. The van der Waals surface area contributed by atoms with Crippen LogP contribution in [0, 0.1) is 19.8 Å². The predicted molar refractivity (Wildman–Crippen MR) is 86.3 cm³/mol. The van der Waals surface area contributed by atoms with E-state index in [1.165, 1.54) is 42.8 Å². The van der Waals surface area contributed by atoms with E-state index in [4.69, 9.17) is 4.98 Å². The first-order valence-electron chi connectivity index (χ1n) is 8.08. The molecule has 1 unspecified atom stereocenters. The Balaban J connectivity index is 2.28. The minimum atomic E-state index is 0.832. The summed E-state index contributed by atoms with van der Waals surface area (Å²) in [6, 6.07) is 2.21. The summed E-state index contributed by atoms with van der Waals surface area (Å²) in [5, 5.41) is 3.46. The van der Waals surface area contributed by atoms with Gasteiger partial charge in [-0.1, -0.05) is 20.3 Å². The number of piperidine rings is 1. The van der Waals surface area contributed by atoms with E-state index in [0.29, 0.717) is 0 Å². The van der Waals surface area contributed by atoms with Gasteiger partial charge in [0, 0.05) is 30.9 Å². The molecule has 0 bridgehead atoms. The van der Waals surface area contributed by atoms with Crippen LogP contribution in [-0.2, 0) is 6.54 Å². The van der Waals surface area contributed by atoms with Gasteiger partial charge in [0.2, 0.25) is 0 Å². The predicted octanol–water partition coefficient (Wildman–Crippen LogP) is 3.43. The Morgan fingerprint density at radius 2 is 2.15 bits per heavy atom. The Bertz CT molecular complexity index is 442. The van der Waals surface area contributed by atoms with Crippen LogP contribution >= 0.6 is 0 Å². The maximum atomic E-state index is 4.87. The lowest BCUT2D eigenvalue weighted by Gasteiger charge is -2.35. The van der Waals surface area contributed by atoms with Gasteiger partial charge in [0.15, 0.2) is 0 Å². The van der Waals surface area contributed by atoms with Crippen molar-refractivity contribution in [1.82, 2.24) is 10.3 Å². The van der Waals surface area contributed by atoms with Crippen molar-refractivity contribution in [3.63, 3.8) is 0 Å². The Morgan fingerprint density at radius 1 is 1.35 bits per heavy atom. The van der Waals surface area contributed by atoms with Crippen molar-refractivity contribution in [2.24, 2.45) is 5.92 Å². The highest BCUT2D eigenvalue weighted by molar-refractivity contribution is 5.52. The molecule has 1 fully saturated rings. The van der Waals surface area contributed by atoms with E-state index in [0.717, 1.165) is 31.2 Å². The van der Waals surface area contributed by atoms with Crippen LogP contribution in [0.25, 0.3) is 0 Å². The molecule has 0 radical (unpaired) electrons. The topological polar surface area (TPSA) is 28.2 Å². The summed E-state index contributed by atoms with van der Waals surface area (Å²) in [7, 11) is 0. The molecule has 112 valence electrons. The maximum absolute atomic E-state index is 4.87. The molecular formula is C17H29N3. The van der Waals surface area contributed by atoms with E-state index < -0.39 is 0 Å². The molecule has 1 aromatic rings. The van der Waals surface area contributed by atoms with Crippen LogP contribution in [-0.4, -0.2) is 24.6 Å². The van der Waals surface area contributed by atoms with Gasteiger partial charge in [-0.25, -0.2) is 4.98 Å². The molecule has 0 spiro atoms. The molecule has 0 amide bonds. The number of nitrogens with zero attached hydrogens (tertiary/aromatic N) is 2. The fraction of sp³-hybridized carbons (Fsp3) is 0.706. The zero-order valence-electron chi connectivity index (χ0n) is 13.5. The van der Waals surface area contributed by atoms with E-state index >= 15 is 0 Å². The van der Waals surface area contributed by atoms with Crippen molar-refractivity contribution in [2.45, 2.75) is 53.5 Å². The Morgan fingerprint density at radius 3 is 2.85 bits per heavy atom. The summed E-state index contributed by atoms with van der Waals surface area (Å²) in [5.74, 6) is 2.06. The van der Waals surface area contributed by atoms with Crippen molar-refractivity contribution in [1.29, 1.82) is 0 Å². The van der Waals surface area contributed by atoms with Gasteiger partial charge < -0.3 is 10.2 Å². The van der Waals surface area contributed by atoms with Crippen molar-refractivity contribution in [2.75, 3.05) is 24.5 Å². The second kappa shape index (κ2) is 7.07. The van der Waals surface area contributed by atoms with Gasteiger partial charge in [-0.15, -0.1) is 0 Å². The quantitative estimate of drug-likeness (QED) is 0.892. The minimum absolute atomic E-state index is 0.832. The lowest BCUT2D eigenvalue weighted by molar-refractivity contribution is 0.402. The first kappa shape index (κ1) is 15.3. The van der Waals surface area contributed by atoms with Crippen LogP contribution in [0.1, 0.15) is 49.9 Å². The number of anilines is 1. The van der Waals surface area contributed by atoms with Gasteiger partial charge >= 0.3 is 0 Å². The number of hydrogen-bond acceptors (Lipinski definition) is 3. The molecule has 2 heterocycles. The molecule has 0 aliphatic carbocycles. The molecule has 0 saturated carbocycles. The zero-order valence-corrected chi connectivity index (χ0v) is 13.5. The Kier molecular flexibility index (Phi) is 5.41. The summed E-state index contributed by atoms with van der Waals surface area (Å²) in [6.45, 7) is 13.0. The standard InChI is InChI=1S/C17H29N3/c1-5-15-8-7-9-20(12-15)17-16(11-18-6-2)13(3)10-14(4)19-17/h10,15,18H,5-9,11-12H2,1-4H3. The van der Waals surface area contributed by atoms with Crippen LogP contribution in [0.15, 0.2) is 6.07 Å². The normalized spacial score (nSPS) is 19.4. The molecule has 1 N–H and O–H groups in total. The fourth-order valence-electron chi connectivity index (χ4n) is 3.16. The highest BCUT2D eigenvalue weighted by Crippen LogP contribution is 2.28. The first-order valence-corrected chi connectivity index (χ1v) is 8.08. The van der Waals surface area contributed by atoms with Gasteiger partial charge in [0.25, 0.3) is 0 Å². The number of rotatable bonds is 5. The van der Waals surface area contributed by atoms with Crippen LogP contribution in [0.4, 0.5) is 5.82 Å². The highest BCUT2D eigenvalue weighted by atomic mass is 15.2. The molecule has 2 rings (SSSR count). The monoisotopic (exact) mass is 275 g/mol. The second-order valence-corrected chi connectivity index (χ2v) is 6.03. The Hall–Kier alpha value is -1.09. The highest BCUT2D eigenvalue weighted by Gasteiger charge is 2.22. The number of hydrogen-bond donors (Lipinski definition) is 1. The molecule has 3 nitrogen and oxygen atoms in total. The summed E-state index contributed by atoms with van der Waals surface area (Å²) in [4.78, 5) is 7.38. The Labute approximate surface area is 123 Å². The van der Waals surface area contributed by atoms with Crippen LogP contribution in [0.2, 0.25) is 0 Å². The van der Waals surface area contributed by atoms with Crippen LogP contribution < -0.4 is 10.2 Å². The van der Waals surface area contributed by atoms with Crippen molar-refractivity contribution in [3.8, 4) is 0 Å². The third-order valence-electron chi connectivity index (χ3n) is 4.40. The van der Waals surface area contributed by atoms with Crippen molar-refractivity contribution < 1.29 is 0 Å². The SMILES string of the molecule is CCNCc1c(C)cc(C)nc1N1CCCC(CC)C1. The van der Waals surface area contributed by atoms with Gasteiger partial charge in [-0.05, 0) is 50.8 Å². The molecule has 1 aliphatic heterocycles. The van der Waals surface area contributed by atoms with Gasteiger partial charge in [-0.3, -0.25) is 0 Å². The summed E-state index contributed by atoms with van der Waals surface area (Å²) in [5.41, 5.74) is 3.89. The molecule has 20 heavy (non-hydrogen) atoms. The number of nitrogens with one attached hydrogen (secondary N) is 1. The van der Waals surface area contributed by atoms with Crippen LogP contribution in [0.3, 0.4) is 0 Å². The molecule has 1 aliphatic rings.